The van der Waals surface area contributed by atoms with Crippen LogP contribution < -0.4 is 9.64 Å². The van der Waals surface area contributed by atoms with Crippen molar-refractivity contribution in [3.8, 4) is 23.3 Å². The molecule has 0 N–H and O–H groups in total. The summed E-state index contributed by atoms with van der Waals surface area (Å²) in [6.45, 7) is 9.76. The van der Waals surface area contributed by atoms with E-state index in [9.17, 15) is 18.4 Å². The number of benzene rings is 2. The van der Waals surface area contributed by atoms with Crippen LogP contribution in [-0.4, -0.2) is 118 Å². The maximum absolute atomic E-state index is 16.2. The average Bonchev–Trinajstić information content (AvgIpc) is 3.78. The summed E-state index contributed by atoms with van der Waals surface area (Å²) in [5.41, 5.74) is -0.534. The van der Waals surface area contributed by atoms with Crippen molar-refractivity contribution < 1.29 is 36.6 Å². The molecule has 4 aliphatic rings. The molecule has 0 saturated carbocycles. The molecule has 4 saturated heterocycles. The second kappa shape index (κ2) is 18.3. The predicted molar refractivity (Wildman–Crippen MR) is 216 cm³/mol. The summed E-state index contributed by atoms with van der Waals surface area (Å²) in [6.07, 6.45) is 5.37. The van der Waals surface area contributed by atoms with Gasteiger partial charge in [-0.15, -0.1) is 0 Å². The maximum Gasteiger partial charge on any atom is 0.410 e. The first-order valence-corrected chi connectivity index (χ1v) is 19.9. The summed E-state index contributed by atoms with van der Waals surface area (Å²) in [4.78, 5) is 45.3. The molecule has 4 aliphatic heterocycles. The lowest BCUT2D eigenvalue weighted by atomic mass is 10.0. The number of aromatic nitrogens is 3. The Morgan fingerprint density at radius 1 is 1.03 bits per heavy atom. The Balaban J connectivity index is 0.000000418. The molecule has 4 aromatic rings. The van der Waals surface area contributed by atoms with Gasteiger partial charge in [-0.2, -0.15) is 15.2 Å². The smallest absolute Gasteiger partial charge is 0.410 e. The highest BCUT2D eigenvalue weighted by molar-refractivity contribution is 6.36. The molecule has 2 amide bonds. The predicted octanol–water partition coefficient (Wildman–Crippen LogP) is 8.02. The molecule has 0 bridgehead atoms. The third kappa shape index (κ3) is 9.63. The number of likely N-dealkylation sites (tertiary alicyclic amines) is 1. The number of carbonyl (C=O) groups is 2. The molecule has 2 aromatic heterocycles. The lowest BCUT2D eigenvalue weighted by Crippen LogP contribution is -2.52. The number of carbonyl (C=O) groups excluding carboxylic acids is 2. The van der Waals surface area contributed by atoms with Crippen molar-refractivity contribution in [1.82, 2.24) is 29.7 Å². The van der Waals surface area contributed by atoms with Crippen molar-refractivity contribution in [3.63, 3.8) is 0 Å². The van der Waals surface area contributed by atoms with Crippen LogP contribution >= 0.6 is 11.6 Å². The van der Waals surface area contributed by atoms with Crippen LogP contribution in [0.2, 0.25) is 5.02 Å². The molecule has 3 unspecified atom stereocenters. The van der Waals surface area contributed by atoms with Crippen molar-refractivity contribution >= 4 is 51.1 Å². The fourth-order valence-electron chi connectivity index (χ4n) is 7.72. The molecule has 3 atom stereocenters. The monoisotopic (exact) mass is 838 g/mol. The Morgan fingerprint density at radius 3 is 2.41 bits per heavy atom. The van der Waals surface area contributed by atoms with Crippen LogP contribution in [0.3, 0.4) is 0 Å². The first kappa shape index (κ1) is 43.3. The zero-order chi connectivity index (χ0) is 42.6. The van der Waals surface area contributed by atoms with E-state index in [1.165, 1.54) is 48.9 Å². The molecular weight excluding hydrogens is 792 g/mol. The second-order valence-corrected chi connectivity index (χ2v) is 16.0. The van der Waals surface area contributed by atoms with Gasteiger partial charge < -0.3 is 24.2 Å². The third-order valence-corrected chi connectivity index (χ3v) is 10.9. The number of alkyl halides is 1. The topological polar surface area (TPSA) is 128 Å². The number of nitriles is 1. The van der Waals surface area contributed by atoms with Crippen molar-refractivity contribution in [2.45, 2.75) is 77.2 Å². The number of rotatable bonds is 5. The summed E-state index contributed by atoms with van der Waals surface area (Å²) in [5.74, 6) is -2.81. The van der Waals surface area contributed by atoms with Gasteiger partial charge in [0.1, 0.15) is 34.6 Å². The van der Waals surface area contributed by atoms with Gasteiger partial charge in [0.05, 0.1) is 29.6 Å². The summed E-state index contributed by atoms with van der Waals surface area (Å²) >= 11 is 6.30. The minimum atomic E-state index is -0.946. The molecule has 2 aromatic carbocycles. The molecular formula is C42H47ClF4N8O4. The number of hydrogen-bond donors (Lipinski definition) is 0. The third-order valence-electron chi connectivity index (χ3n) is 10.6. The van der Waals surface area contributed by atoms with Crippen LogP contribution in [0.1, 0.15) is 53.4 Å². The number of halogens is 5. The Bertz CT molecular complexity index is 2270. The summed E-state index contributed by atoms with van der Waals surface area (Å²) in [6, 6.07) is 9.55. The first-order chi connectivity index (χ1) is 28.1. The summed E-state index contributed by atoms with van der Waals surface area (Å²) in [7, 11) is 1.36. The van der Waals surface area contributed by atoms with Crippen molar-refractivity contribution in [2.75, 3.05) is 57.8 Å². The molecule has 314 valence electrons. The molecule has 0 spiro atoms. The van der Waals surface area contributed by atoms with E-state index in [2.05, 4.69) is 19.9 Å². The lowest BCUT2D eigenvalue weighted by molar-refractivity contribution is -0.129. The van der Waals surface area contributed by atoms with Crippen LogP contribution in [0.4, 0.5) is 28.2 Å². The zero-order valence-corrected chi connectivity index (χ0v) is 34.4. The van der Waals surface area contributed by atoms with Gasteiger partial charge in [0.2, 0.25) is 0 Å². The van der Waals surface area contributed by atoms with E-state index in [1.807, 2.05) is 4.90 Å². The standard InChI is InChI=1S/C33H32ClF3N6O4.C7H12FN.C2H3N/c1-33(2,3)47-32(45)43-11-10-19(43)16-23(36)30(44)42-14-12-41(13-15-42)29-21-17-38-27(26(37)28(21)39-31(40-29)46-4)20-7-5-6-18-8-9-22(35)25(34)24(18)20;8-6-4-7-2-1-3-9(7)5-6;1-2-3/h5-9,16-17,19H,10-15H2,1-4H3;6-7H,1-5H2;1H3/b23-16-;;. The number of anilines is 1. The van der Waals surface area contributed by atoms with E-state index in [-0.39, 0.29) is 48.4 Å². The van der Waals surface area contributed by atoms with Gasteiger partial charge in [-0.25, -0.2) is 22.4 Å². The van der Waals surface area contributed by atoms with Gasteiger partial charge in [0.15, 0.2) is 11.6 Å². The van der Waals surface area contributed by atoms with E-state index in [0.717, 1.165) is 19.0 Å². The highest BCUT2D eigenvalue weighted by atomic mass is 35.5. The minimum absolute atomic E-state index is 0.0658. The molecule has 0 radical (unpaired) electrons. The number of hydrogen-bond acceptors (Lipinski definition) is 10. The number of pyridine rings is 1. The number of piperazine rings is 1. The van der Waals surface area contributed by atoms with Gasteiger partial charge in [0, 0.05) is 69.4 Å². The Labute approximate surface area is 345 Å². The van der Waals surface area contributed by atoms with Crippen LogP contribution in [0.25, 0.3) is 32.9 Å². The largest absolute Gasteiger partial charge is 0.467 e. The van der Waals surface area contributed by atoms with Gasteiger partial charge in [0.25, 0.3) is 5.91 Å². The lowest BCUT2D eigenvalue weighted by Gasteiger charge is -2.40. The van der Waals surface area contributed by atoms with E-state index in [0.29, 0.717) is 53.1 Å². The molecule has 8 rings (SSSR count). The Hall–Kier alpha value is -5.27. The summed E-state index contributed by atoms with van der Waals surface area (Å²) in [5, 5.41) is 8.40. The van der Waals surface area contributed by atoms with Crippen LogP contribution in [-0.2, 0) is 9.53 Å². The fraction of sp³-hybridized carbons (Fsp3) is 0.476. The van der Waals surface area contributed by atoms with E-state index < -0.39 is 47.3 Å². The minimum Gasteiger partial charge on any atom is -0.467 e. The normalized spacial score (nSPS) is 20.5. The highest BCUT2D eigenvalue weighted by Crippen LogP contribution is 2.38. The number of fused-ring (bicyclic) bond motifs is 3. The second-order valence-electron chi connectivity index (χ2n) is 15.7. The van der Waals surface area contributed by atoms with Gasteiger partial charge in [-0.05, 0) is 70.5 Å². The number of methoxy groups -OCH3 is 1. The number of amides is 2. The Kier molecular flexibility index (Phi) is 13.5. The van der Waals surface area contributed by atoms with Crippen LogP contribution in [0.15, 0.2) is 48.4 Å². The van der Waals surface area contributed by atoms with Gasteiger partial charge in [-0.1, -0.05) is 35.9 Å². The summed E-state index contributed by atoms with van der Waals surface area (Å²) < 4.78 is 69.0. The molecule has 59 heavy (non-hydrogen) atoms. The van der Waals surface area contributed by atoms with Crippen LogP contribution in [0, 0.1) is 23.0 Å². The average molecular weight is 839 g/mol. The number of nitrogens with zero attached hydrogens (tertiary/aromatic N) is 8. The van der Waals surface area contributed by atoms with Crippen molar-refractivity contribution in [3.05, 3.63) is 65.1 Å². The van der Waals surface area contributed by atoms with Crippen molar-refractivity contribution in [2.24, 2.45) is 0 Å². The van der Waals surface area contributed by atoms with E-state index in [4.69, 9.17) is 26.3 Å². The Morgan fingerprint density at radius 2 is 1.76 bits per heavy atom. The molecule has 0 aliphatic carbocycles. The first-order valence-electron chi connectivity index (χ1n) is 19.5. The van der Waals surface area contributed by atoms with E-state index >= 15 is 8.78 Å². The molecule has 6 heterocycles. The van der Waals surface area contributed by atoms with Gasteiger partial charge in [-0.3, -0.25) is 14.7 Å². The van der Waals surface area contributed by atoms with Gasteiger partial charge >= 0.3 is 12.1 Å². The SMILES string of the molecule is CC#N.COc1nc(N2CCN(C(=O)/C(F)=C/C3CCN3C(=O)OC(C)(C)C)CC2)c2cnc(-c3cccc4ccc(F)c(Cl)c34)c(F)c2n1.FC1CC2CCCN2C1. The molecule has 4 fully saturated rings. The number of ether oxygens (including phenoxy) is 2. The zero-order valence-electron chi connectivity index (χ0n) is 33.7. The maximum atomic E-state index is 16.2. The van der Waals surface area contributed by atoms with E-state index in [1.54, 1.807) is 51.1 Å². The van der Waals surface area contributed by atoms with Crippen LogP contribution in [0.5, 0.6) is 6.01 Å². The quantitative estimate of drug-likeness (QED) is 0.144. The highest BCUT2D eigenvalue weighted by Gasteiger charge is 2.37. The van der Waals surface area contributed by atoms with Crippen molar-refractivity contribution in [1.29, 1.82) is 5.26 Å². The fourth-order valence-corrected chi connectivity index (χ4v) is 7.99. The molecule has 17 heteroatoms. The molecule has 12 nitrogen and oxygen atoms in total.